The molecule has 1 aromatic carbocycles. The molecule has 206 valence electrons. The molecule has 3 heterocycles. The molecule has 10 heteroatoms. The zero-order chi connectivity index (χ0) is 27.2. The highest BCUT2D eigenvalue weighted by Crippen LogP contribution is 2.31. The molecule has 38 heavy (non-hydrogen) atoms. The summed E-state index contributed by atoms with van der Waals surface area (Å²) < 4.78 is 11.8. The molecule has 3 saturated heterocycles. The van der Waals surface area contributed by atoms with Crippen molar-refractivity contribution in [3.8, 4) is 5.75 Å². The van der Waals surface area contributed by atoms with Gasteiger partial charge in [0.2, 0.25) is 11.8 Å². The van der Waals surface area contributed by atoms with Crippen LogP contribution in [-0.4, -0.2) is 85.6 Å². The van der Waals surface area contributed by atoms with Crippen molar-refractivity contribution in [3.63, 3.8) is 0 Å². The number of nitrogens with zero attached hydrogens (tertiary/aromatic N) is 3. The Balaban J connectivity index is 1.28. The number of amides is 5. The number of nitrogens with one attached hydrogen (secondary N) is 1. The number of methoxy groups -OCH3 is 1. The lowest BCUT2D eigenvalue weighted by molar-refractivity contribution is -0.130. The number of urea groups is 1. The van der Waals surface area contributed by atoms with E-state index >= 15 is 0 Å². The van der Waals surface area contributed by atoms with Crippen LogP contribution < -0.4 is 15.0 Å². The molecule has 1 N–H and O–H groups in total. The zero-order valence-corrected chi connectivity index (χ0v) is 22.5. The monoisotopic (exact) mass is 526 g/mol. The van der Waals surface area contributed by atoms with Gasteiger partial charge in [-0.25, -0.2) is 4.79 Å². The molecule has 0 spiro atoms. The van der Waals surface area contributed by atoms with E-state index in [1.54, 1.807) is 24.3 Å². The van der Waals surface area contributed by atoms with Crippen LogP contribution in [0.3, 0.4) is 0 Å². The molecule has 3 aliphatic heterocycles. The molecule has 0 atom stereocenters. The molecule has 4 rings (SSSR count). The summed E-state index contributed by atoms with van der Waals surface area (Å²) in [5, 5.41) is 2.31. The van der Waals surface area contributed by atoms with Crippen molar-refractivity contribution in [2.45, 2.75) is 58.2 Å². The second kappa shape index (κ2) is 12.4. The van der Waals surface area contributed by atoms with Gasteiger partial charge in [0, 0.05) is 44.7 Å². The van der Waals surface area contributed by atoms with Crippen LogP contribution >= 0.6 is 0 Å². The Morgan fingerprint density at radius 2 is 1.61 bits per heavy atom. The van der Waals surface area contributed by atoms with E-state index in [0.29, 0.717) is 49.1 Å². The van der Waals surface area contributed by atoms with Gasteiger partial charge in [-0.15, -0.1) is 0 Å². The Hall–Kier alpha value is -3.40. The Kier molecular flexibility index (Phi) is 9.04. The van der Waals surface area contributed by atoms with Crippen LogP contribution in [0.2, 0.25) is 0 Å². The van der Waals surface area contributed by atoms with Crippen molar-refractivity contribution in [3.05, 3.63) is 35.9 Å². The molecule has 3 aliphatic rings. The molecule has 5 amide bonds. The molecule has 0 bridgehead atoms. The lowest BCUT2D eigenvalue weighted by Gasteiger charge is -2.37. The molecular weight excluding hydrogens is 488 g/mol. The van der Waals surface area contributed by atoms with Gasteiger partial charge in [-0.05, 0) is 55.9 Å². The molecule has 0 aromatic heterocycles. The largest absolute Gasteiger partial charge is 0.495 e. The van der Waals surface area contributed by atoms with Gasteiger partial charge in [-0.3, -0.25) is 24.6 Å². The molecule has 0 unspecified atom stereocenters. The highest BCUT2D eigenvalue weighted by atomic mass is 16.5. The van der Waals surface area contributed by atoms with E-state index in [-0.39, 0.29) is 42.9 Å². The third-order valence-corrected chi connectivity index (χ3v) is 7.26. The topological polar surface area (TPSA) is 108 Å². The van der Waals surface area contributed by atoms with Crippen molar-refractivity contribution < 1.29 is 28.7 Å². The van der Waals surface area contributed by atoms with E-state index in [2.05, 4.69) is 19.2 Å². The highest BCUT2D eigenvalue weighted by molar-refractivity contribution is 6.07. The Labute approximate surface area is 223 Å². The number of allylic oxidation sites excluding steroid dienone is 1. The SMILES string of the molecule is COc1ccc(C(=O)N2CCC(OC3CCN(C(=O)/C=C/C(C)C)CC3)CC2)cc1N1CCC(=O)NC1=O. The number of hydrogen-bond acceptors (Lipinski definition) is 6. The predicted molar refractivity (Wildman–Crippen MR) is 142 cm³/mol. The number of anilines is 1. The summed E-state index contributed by atoms with van der Waals surface area (Å²) >= 11 is 0. The van der Waals surface area contributed by atoms with Crippen LogP contribution in [-0.2, 0) is 14.3 Å². The second-order valence-corrected chi connectivity index (χ2v) is 10.4. The lowest BCUT2D eigenvalue weighted by Crippen LogP contribution is -2.49. The lowest BCUT2D eigenvalue weighted by atomic mass is 10.0. The van der Waals surface area contributed by atoms with Crippen molar-refractivity contribution >= 4 is 29.4 Å². The number of imide groups is 1. The van der Waals surface area contributed by atoms with E-state index < -0.39 is 6.03 Å². The quantitative estimate of drug-likeness (QED) is 0.548. The van der Waals surface area contributed by atoms with Crippen molar-refractivity contribution in [1.82, 2.24) is 15.1 Å². The van der Waals surface area contributed by atoms with Crippen molar-refractivity contribution in [2.75, 3.05) is 44.7 Å². The van der Waals surface area contributed by atoms with E-state index in [1.807, 2.05) is 15.9 Å². The fraction of sp³-hybridized carbons (Fsp3) is 0.571. The minimum absolute atomic E-state index is 0.0695. The first-order valence-electron chi connectivity index (χ1n) is 13.5. The van der Waals surface area contributed by atoms with Crippen LogP contribution in [0.4, 0.5) is 10.5 Å². The average Bonchev–Trinajstić information content (AvgIpc) is 2.92. The first-order chi connectivity index (χ1) is 18.2. The summed E-state index contributed by atoms with van der Waals surface area (Å²) in [6.45, 7) is 6.90. The standard InChI is InChI=1S/C28H38N4O6/c1-19(2)4-7-26(34)30-13-8-21(9-14-30)38-22-10-15-31(16-11-22)27(35)20-5-6-24(37-3)23(18-20)32-17-12-25(33)29-28(32)36/h4-7,18-19,21-22H,8-17H2,1-3H3,(H,29,33,36)/b7-4+. The number of hydrogen-bond donors (Lipinski definition) is 1. The van der Waals surface area contributed by atoms with Crippen molar-refractivity contribution in [2.24, 2.45) is 5.92 Å². The summed E-state index contributed by atoms with van der Waals surface area (Å²) in [5.41, 5.74) is 0.930. The molecular formula is C28H38N4O6. The normalized spacial score (nSPS) is 19.8. The third kappa shape index (κ3) is 6.72. The summed E-state index contributed by atoms with van der Waals surface area (Å²) in [7, 11) is 1.50. The molecule has 0 aliphatic carbocycles. The van der Waals surface area contributed by atoms with Gasteiger partial charge < -0.3 is 19.3 Å². The maximum Gasteiger partial charge on any atom is 0.328 e. The fourth-order valence-corrected chi connectivity index (χ4v) is 5.07. The average molecular weight is 527 g/mol. The number of ether oxygens (including phenoxy) is 2. The first-order valence-corrected chi connectivity index (χ1v) is 13.5. The van der Waals surface area contributed by atoms with Crippen LogP contribution in [0.25, 0.3) is 0 Å². The van der Waals surface area contributed by atoms with Crippen LogP contribution in [0, 0.1) is 5.92 Å². The minimum atomic E-state index is -0.524. The molecule has 10 nitrogen and oxygen atoms in total. The second-order valence-electron chi connectivity index (χ2n) is 10.4. The van der Waals surface area contributed by atoms with E-state index in [1.165, 1.54) is 12.0 Å². The number of carbonyl (C=O) groups is 4. The van der Waals surface area contributed by atoms with Crippen LogP contribution in [0.1, 0.15) is 56.3 Å². The number of piperidine rings is 2. The zero-order valence-electron chi connectivity index (χ0n) is 22.5. The van der Waals surface area contributed by atoms with Gasteiger partial charge in [0.05, 0.1) is 25.0 Å². The highest BCUT2D eigenvalue weighted by Gasteiger charge is 2.31. The molecule has 0 radical (unpaired) electrons. The smallest absolute Gasteiger partial charge is 0.328 e. The van der Waals surface area contributed by atoms with E-state index in [9.17, 15) is 19.2 Å². The first kappa shape index (κ1) is 27.6. The van der Waals surface area contributed by atoms with Crippen LogP contribution in [0.5, 0.6) is 5.75 Å². The van der Waals surface area contributed by atoms with Gasteiger partial charge in [0.25, 0.3) is 5.91 Å². The molecule has 3 fully saturated rings. The predicted octanol–water partition coefficient (Wildman–Crippen LogP) is 2.97. The Morgan fingerprint density at radius 1 is 0.974 bits per heavy atom. The summed E-state index contributed by atoms with van der Waals surface area (Å²) in [6.07, 6.45) is 7.16. The summed E-state index contributed by atoms with van der Waals surface area (Å²) in [4.78, 5) is 54.6. The van der Waals surface area contributed by atoms with E-state index in [4.69, 9.17) is 9.47 Å². The van der Waals surface area contributed by atoms with Gasteiger partial charge in [-0.2, -0.15) is 0 Å². The van der Waals surface area contributed by atoms with E-state index in [0.717, 1.165) is 25.7 Å². The fourth-order valence-electron chi connectivity index (χ4n) is 5.07. The Bertz CT molecular complexity index is 1070. The van der Waals surface area contributed by atoms with Gasteiger partial charge >= 0.3 is 6.03 Å². The summed E-state index contributed by atoms with van der Waals surface area (Å²) in [6, 6.07) is 4.51. The third-order valence-electron chi connectivity index (χ3n) is 7.26. The molecule has 1 aromatic rings. The summed E-state index contributed by atoms with van der Waals surface area (Å²) in [5.74, 6) is 0.455. The minimum Gasteiger partial charge on any atom is -0.495 e. The van der Waals surface area contributed by atoms with Gasteiger partial charge in [0.1, 0.15) is 5.75 Å². The Morgan fingerprint density at radius 3 is 2.18 bits per heavy atom. The number of likely N-dealkylation sites (tertiary alicyclic amines) is 2. The maximum absolute atomic E-state index is 13.3. The molecule has 0 saturated carbocycles. The number of rotatable bonds is 7. The number of benzene rings is 1. The van der Waals surface area contributed by atoms with Gasteiger partial charge in [-0.1, -0.05) is 19.9 Å². The van der Waals surface area contributed by atoms with Crippen LogP contribution in [0.15, 0.2) is 30.4 Å². The number of carbonyl (C=O) groups excluding carboxylic acids is 4. The maximum atomic E-state index is 13.3. The van der Waals surface area contributed by atoms with Crippen molar-refractivity contribution in [1.29, 1.82) is 0 Å². The van der Waals surface area contributed by atoms with Gasteiger partial charge in [0.15, 0.2) is 0 Å².